The first kappa shape index (κ1) is 24.3. The quantitative estimate of drug-likeness (QED) is 0.188. The van der Waals surface area contributed by atoms with E-state index < -0.39 is 8.07 Å². The van der Waals surface area contributed by atoms with Crippen molar-refractivity contribution in [2.75, 3.05) is 0 Å². The third kappa shape index (κ3) is 3.85. The van der Waals surface area contributed by atoms with Crippen LogP contribution in [0, 0.1) is 0 Å². The van der Waals surface area contributed by atoms with E-state index in [2.05, 4.69) is 124 Å². The van der Waals surface area contributed by atoms with Crippen LogP contribution in [0.1, 0.15) is 53.6 Å². The molecule has 2 heteroatoms. The minimum atomic E-state index is -2.00. The number of allylic oxidation sites excluding steroid dienone is 2. The Morgan fingerprint density at radius 2 is 0.914 bits per heavy atom. The fourth-order valence-corrected chi connectivity index (χ4v) is 12.4. The predicted octanol–water partition coefficient (Wildman–Crippen LogP) is 9.12. The molecule has 0 spiro atoms. The van der Waals surface area contributed by atoms with Crippen molar-refractivity contribution >= 4 is 8.07 Å². The minimum Gasteiger partial charge on any atom is -0.0862 e. The summed E-state index contributed by atoms with van der Waals surface area (Å²) in [5.74, 6) is 0. The molecule has 0 aliphatic heterocycles. The van der Waals surface area contributed by atoms with Crippen LogP contribution in [0.3, 0.4) is 0 Å². The van der Waals surface area contributed by atoms with E-state index >= 15 is 0 Å². The van der Waals surface area contributed by atoms with Gasteiger partial charge in [0.25, 0.3) is 0 Å². The van der Waals surface area contributed by atoms with E-state index in [1.807, 2.05) is 0 Å². The summed E-state index contributed by atoms with van der Waals surface area (Å²) in [4.78, 5) is 0. The van der Waals surface area contributed by atoms with Gasteiger partial charge in [-0.15, -0.1) is 0 Å². The molecule has 0 saturated carbocycles. The molecule has 0 heterocycles. The normalized spacial score (nSPS) is 13.9. The van der Waals surface area contributed by atoms with Crippen LogP contribution in [0.2, 0.25) is 12.6 Å². The summed E-state index contributed by atoms with van der Waals surface area (Å²) >= 11 is 0. The van der Waals surface area contributed by atoms with Gasteiger partial charge in [0.05, 0.1) is 8.07 Å². The Labute approximate surface area is 226 Å². The van der Waals surface area contributed by atoms with Crippen LogP contribution in [-0.4, -0.2) is 8.07 Å². The van der Waals surface area contributed by atoms with E-state index in [9.17, 15) is 0 Å². The van der Waals surface area contributed by atoms with E-state index in [1.54, 1.807) is 22.3 Å². The van der Waals surface area contributed by atoms with Crippen molar-refractivity contribution in [1.29, 1.82) is 0 Å². The fourth-order valence-electron chi connectivity index (χ4n) is 6.86. The maximum absolute atomic E-state index is 2.71. The summed E-state index contributed by atoms with van der Waals surface area (Å²) in [7, 11) is -2.00. The molecule has 0 unspecified atom stereocenters. The molecule has 0 nitrogen and oxygen atoms in total. The predicted molar refractivity (Wildman–Crippen MR) is 148 cm³/mol. The molecule has 0 fully saturated rings. The Bertz CT molecular complexity index is 1230. The molecule has 6 rings (SSSR count). The van der Waals surface area contributed by atoms with Crippen molar-refractivity contribution in [3.8, 4) is 22.3 Å². The second-order valence-corrected chi connectivity index (χ2v) is 15.2. The molecule has 0 bridgehead atoms. The van der Waals surface area contributed by atoms with Gasteiger partial charge < -0.3 is 0 Å². The molecule has 0 atom stereocenters. The first-order valence-corrected chi connectivity index (χ1v) is 15.5. The molecular weight excluding hydrogens is 472 g/mol. The molecule has 35 heavy (non-hydrogen) atoms. The summed E-state index contributed by atoms with van der Waals surface area (Å²) in [6.45, 7) is 7.18. The summed E-state index contributed by atoms with van der Waals surface area (Å²) in [6.07, 6.45) is 3.62. The maximum Gasteiger partial charge on any atom is 0.0764 e. The number of fused-ring (bicyclic) bond motifs is 6. The summed E-state index contributed by atoms with van der Waals surface area (Å²) in [6, 6.07) is 38.1. The van der Waals surface area contributed by atoms with E-state index in [0.29, 0.717) is 11.1 Å². The summed E-state index contributed by atoms with van der Waals surface area (Å²) in [5.41, 5.74) is 14.4. The van der Waals surface area contributed by atoms with E-state index in [4.69, 9.17) is 0 Å². The molecule has 4 aromatic rings. The largest absolute Gasteiger partial charge is 0.0862 e. The molecule has 0 amide bonds. The summed E-state index contributed by atoms with van der Waals surface area (Å²) < 4.78 is 0. The Kier molecular flexibility index (Phi) is 6.61. The van der Waals surface area contributed by atoms with Crippen LogP contribution in [-0.2, 0) is 21.7 Å². The van der Waals surface area contributed by atoms with Gasteiger partial charge in [-0.1, -0.05) is 121 Å². The average molecular weight is 505 g/mol. The van der Waals surface area contributed by atoms with Crippen molar-refractivity contribution in [2.45, 2.75) is 43.9 Å². The van der Waals surface area contributed by atoms with Crippen molar-refractivity contribution in [3.63, 3.8) is 0 Å². The Morgan fingerprint density at radius 1 is 0.600 bits per heavy atom. The van der Waals surface area contributed by atoms with Crippen LogP contribution >= 0.6 is 0 Å². The van der Waals surface area contributed by atoms with Crippen LogP contribution < -0.4 is 0 Å². The van der Waals surface area contributed by atoms with Gasteiger partial charge in [-0.2, -0.15) is 0 Å². The van der Waals surface area contributed by atoms with Gasteiger partial charge in [0.15, 0.2) is 0 Å². The molecular formula is C33H32SiTi. The first-order valence-electron chi connectivity index (χ1n) is 12.6. The van der Waals surface area contributed by atoms with E-state index in [1.165, 1.54) is 33.9 Å². The zero-order valence-electron chi connectivity index (χ0n) is 20.9. The monoisotopic (exact) mass is 504 g/mol. The molecule has 0 N–H and O–H groups in total. The van der Waals surface area contributed by atoms with Gasteiger partial charge in [0, 0.05) is 32.8 Å². The molecule has 172 valence electrons. The van der Waals surface area contributed by atoms with Crippen LogP contribution in [0.15, 0.2) is 109 Å². The number of hydrogen-bond acceptors (Lipinski definition) is 0. The molecule has 0 radical (unpaired) electrons. The Balaban J connectivity index is 0.00000253. The first-order chi connectivity index (χ1) is 16.6. The zero-order chi connectivity index (χ0) is 23.3. The third-order valence-corrected chi connectivity index (χ3v) is 13.5. The van der Waals surface area contributed by atoms with E-state index in [-0.39, 0.29) is 21.7 Å². The topological polar surface area (TPSA) is 0 Å². The molecule has 4 aromatic carbocycles. The van der Waals surface area contributed by atoms with Gasteiger partial charge in [0.1, 0.15) is 0 Å². The summed E-state index contributed by atoms with van der Waals surface area (Å²) in [5, 5.41) is 0. The van der Waals surface area contributed by atoms with Crippen molar-refractivity contribution in [2.24, 2.45) is 0 Å². The SMILES string of the molecule is CC(C)=CCC[Si](C)(C1c2ccccc2-c2ccccc21)C1c2ccccc2-c2ccccc21.[Ti]. The van der Waals surface area contributed by atoms with Crippen molar-refractivity contribution in [1.82, 2.24) is 0 Å². The molecule has 0 aromatic heterocycles. The Morgan fingerprint density at radius 3 is 1.23 bits per heavy atom. The van der Waals surface area contributed by atoms with E-state index in [0.717, 1.165) is 6.42 Å². The van der Waals surface area contributed by atoms with Gasteiger partial charge in [-0.25, -0.2) is 0 Å². The molecule has 0 saturated heterocycles. The smallest absolute Gasteiger partial charge is 0.0764 e. The van der Waals surface area contributed by atoms with Gasteiger partial charge in [0.2, 0.25) is 0 Å². The van der Waals surface area contributed by atoms with Gasteiger partial charge in [-0.3, -0.25) is 0 Å². The van der Waals surface area contributed by atoms with Crippen LogP contribution in [0.25, 0.3) is 22.3 Å². The number of benzene rings is 4. The van der Waals surface area contributed by atoms with Crippen LogP contribution in [0.5, 0.6) is 0 Å². The fraction of sp³-hybridized carbons (Fsp3) is 0.212. The minimum absolute atomic E-state index is 0. The number of rotatable bonds is 5. The third-order valence-electron chi connectivity index (χ3n) is 8.22. The van der Waals surface area contributed by atoms with Crippen LogP contribution in [0.4, 0.5) is 0 Å². The second kappa shape index (κ2) is 9.54. The Hall–Kier alpha value is -2.45. The number of hydrogen-bond donors (Lipinski definition) is 0. The van der Waals surface area contributed by atoms with Gasteiger partial charge in [-0.05, 0) is 64.8 Å². The average Bonchev–Trinajstić information content (AvgIpc) is 3.38. The van der Waals surface area contributed by atoms with Crippen molar-refractivity contribution < 1.29 is 21.7 Å². The van der Waals surface area contributed by atoms with Crippen molar-refractivity contribution in [3.05, 3.63) is 131 Å². The zero-order valence-corrected chi connectivity index (χ0v) is 23.4. The standard InChI is InChI=1S/C33H32Si.Ti/c1-23(2)13-12-22-34(3,32-28-18-8-4-14-24(28)25-15-5-9-19-29(25)32)33-30-20-10-6-16-26(30)27-17-7-11-21-31(27)33;/h4-11,13-21,32-33H,12,22H2,1-3H3;. The second-order valence-electron chi connectivity index (χ2n) is 10.5. The van der Waals surface area contributed by atoms with Gasteiger partial charge >= 0.3 is 0 Å². The maximum atomic E-state index is 2.71. The molecule has 2 aliphatic rings. The molecule has 2 aliphatic carbocycles.